The van der Waals surface area contributed by atoms with Gasteiger partial charge in [0.25, 0.3) is 5.91 Å². The molecule has 3 aromatic heterocycles. The summed E-state index contributed by atoms with van der Waals surface area (Å²) in [5, 5.41) is 0. The highest BCUT2D eigenvalue weighted by atomic mass is 16.5. The van der Waals surface area contributed by atoms with E-state index in [1.54, 1.807) is 31.7 Å². The van der Waals surface area contributed by atoms with Crippen molar-refractivity contribution >= 4 is 17.1 Å². The van der Waals surface area contributed by atoms with Crippen LogP contribution in [0.4, 0.5) is 0 Å². The summed E-state index contributed by atoms with van der Waals surface area (Å²) in [6.45, 7) is 1.28. The molecule has 0 radical (unpaired) electrons. The molecule has 0 unspecified atom stereocenters. The number of likely N-dealkylation sites (tertiary alicyclic amines) is 1. The molecular weight excluding hydrogens is 368 g/mol. The van der Waals surface area contributed by atoms with Gasteiger partial charge in [0.15, 0.2) is 17.2 Å². The van der Waals surface area contributed by atoms with Gasteiger partial charge in [-0.15, -0.1) is 0 Å². The Morgan fingerprint density at radius 3 is 2.79 bits per heavy atom. The predicted molar refractivity (Wildman–Crippen MR) is 108 cm³/mol. The monoisotopic (exact) mass is 388 g/mol. The molecule has 0 bridgehead atoms. The summed E-state index contributed by atoms with van der Waals surface area (Å²) in [7, 11) is 1.61. The number of aromatic nitrogens is 3. The van der Waals surface area contributed by atoms with Crippen molar-refractivity contribution in [2.45, 2.75) is 12.5 Å². The van der Waals surface area contributed by atoms with Crippen molar-refractivity contribution in [3.8, 4) is 17.3 Å². The average Bonchev–Trinajstić information content (AvgIpc) is 3.52. The Hall–Kier alpha value is -3.61. The fourth-order valence-electron chi connectivity index (χ4n) is 3.91. The van der Waals surface area contributed by atoms with Crippen LogP contribution >= 0.6 is 0 Å². The van der Waals surface area contributed by atoms with Gasteiger partial charge in [-0.3, -0.25) is 4.79 Å². The number of amides is 1. The van der Waals surface area contributed by atoms with Crippen molar-refractivity contribution in [1.82, 2.24) is 19.4 Å². The summed E-state index contributed by atoms with van der Waals surface area (Å²) in [4.78, 5) is 24.1. The molecule has 7 nitrogen and oxygen atoms in total. The van der Waals surface area contributed by atoms with Gasteiger partial charge in [0.2, 0.25) is 0 Å². The number of pyridine rings is 1. The van der Waals surface area contributed by atoms with Gasteiger partial charge < -0.3 is 18.6 Å². The molecule has 1 aromatic carbocycles. The Kier molecular flexibility index (Phi) is 4.27. The molecule has 4 heterocycles. The van der Waals surface area contributed by atoms with Crippen LogP contribution in [0.2, 0.25) is 0 Å². The third kappa shape index (κ3) is 3.04. The third-order valence-corrected chi connectivity index (χ3v) is 5.34. The van der Waals surface area contributed by atoms with E-state index in [1.807, 2.05) is 41.3 Å². The Labute approximate surface area is 167 Å². The number of methoxy groups -OCH3 is 1. The second-order valence-corrected chi connectivity index (χ2v) is 7.05. The molecule has 1 fully saturated rings. The largest absolute Gasteiger partial charge is 0.497 e. The number of ether oxygens (including phenoxy) is 1. The van der Waals surface area contributed by atoms with Crippen LogP contribution in [0, 0.1) is 0 Å². The molecule has 1 saturated heterocycles. The van der Waals surface area contributed by atoms with Crippen molar-refractivity contribution in [2.24, 2.45) is 0 Å². The summed E-state index contributed by atoms with van der Waals surface area (Å²) >= 11 is 0. The molecule has 0 aliphatic carbocycles. The Bertz CT molecular complexity index is 1150. The first-order chi connectivity index (χ1) is 14.2. The Morgan fingerprint density at radius 2 is 2.03 bits per heavy atom. The Morgan fingerprint density at radius 1 is 1.17 bits per heavy atom. The minimum absolute atomic E-state index is 0.0204. The van der Waals surface area contributed by atoms with Crippen LogP contribution in [-0.4, -0.2) is 45.5 Å². The zero-order valence-electron chi connectivity index (χ0n) is 16.0. The molecule has 7 heteroatoms. The molecule has 146 valence electrons. The fraction of sp³-hybridized carbons (Fsp3) is 0.227. The quantitative estimate of drug-likeness (QED) is 0.532. The van der Waals surface area contributed by atoms with E-state index >= 15 is 0 Å². The first kappa shape index (κ1) is 17.5. The maximum Gasteiger partial charge on any atom is 0.253 e. The summed E-state index contributed by atoms with van der Waals surface area (Å²) in [5.41, 5.74) is 2.28. The molecular formula is C22H20N4O3. The summed E-state index contributed by atoms with van der Waals surface area (Å²) in [5.74, 6) is 2.20. The number of hydrogen-bond donors (Lipinski definition) is 0. The van der Waals surface area contributed by atoms with Crippen molar-refractivity contribution in [3.63, 3.8) is 0 Å². The van der Waals surface area contributed by atoms with E-state index in [2.05, 4.69) is 9.55 Å². The average molecular weight is 388 g/mol. The second-order valence-electron chi connectivity index (χ2n) is 7.05. The zero-order chi connectivity index (χ0) is 19.8. The van der Waals surface area contributed by atoms with Gasteiger partial charge in [0.1, 0.15) is 11.3 Å². The van der Waals surface area contributed by atoms with Crippen molar-refractivity contribution in [1.29, 1.82) is 0 Å². The number of carbonyl (C=O) groups is 1. The first-order valence-electron chi connectivity index (χ1n) is 9.55. The molecule has 1 amide bonds. The number of rotatable bonds is 4. The van der Waals surface area contributed by atoms with Gasteiger partial charge in [-0.2, -0.15) is 0 Å². The molecule has 1 aliphatic rings. The van der Waals surface area contributed by atoms with Gasteiger partial charge in [-0.05, 0) is 55.0 Å². The summed E-state index contributed by atoms with van der Waals surface area (Å²) in [6.07, 6.45) is 4.24. The minimum Gasteiger partial charge on any atom is -0.497 e. The number of carbonyl (C=O) groups excluding carboxylic acids is 1. The zero-order valence-corrected chi connectivity index (χ0v) is 16.0. The van der Waals surface area contributed by atoms with Crippen LogP contribution < -0.4 is 4.74 Å². The standard InChI is InChI=1S/C22H20N4O3/c1-28-17-8-6-15(7-9-17)22(27)25-12-10-16(14-25)26-20-18(4-2-11-23-20)24-21(26)19-5-3-13-29-19/h2-9,11,13,16H,10,12,14H2,1H3/t16-/m0/s1. The molecule has 5 rings (SSSR count). The van der Waals surface area contributed by atoms with Gasteiger partial charge >= 0.3 is 0 Å². The van der Waals surface area contributed by atoms with Crippen molar-refractivity contribution in [3.05, 3.63) is 66.6 Å². The number of hydrogen-bond acceptors (Lipinski definition) is 5. The van der Waals surface area contributed by atoms with Crippen molar-refractivity contribution < 1.29 is 13.9 Å². The number of imidazole rings is 1. The van der Waals surface area contributed by atoms with E-state index in [-0.39, 0.29) is 11.9 Å². The van der Waals surface area contributed by atoms with E-state index in [0.29, 0.717) is 24.4 Å². The third-order valence-electron chi connectivity index (χ3n) is 5.34. The molecule has 1 atom stereocenters. The molecule has 0 spiro atoms. The maximum absolute atomic E-state index is 13.0. The van der Waals surface area contributed by atoms with Gasteiger partial charge in [0.05, 0.1) is 19.4 Å². The highest BCUT2D eigenvalue weighted by Crippen LogP contribution is 2.32. The highest BCUT2D eigenvalue weighted by Gasteiger charge is 2.31. The lowest BCUT2D eigenvalue weighted by atomic mass is 10.2. The van der Waals surface area contributed by atoms with Crippen LogP contribution in [-0.2, 0) is 0 Å². The Balaban J connectivity index is 1.46. The molecule has 1 aliphatic heterocycles. The highest BCUT2D eigenvalue weighted by molar-refractivity contribution is 5.94. The number of nitrogens with zero attached hydrogens (tertiary/aromatic N) is 4. The molecule has 0 N–H and O–H groups in total. The van der Waals surface area contributed by atoms with E-state index in [1.165, 1.54) is 0 Å². The number of benzene rings is 1. The first-order valence-corrected chi connectivity index (χ1v) is 9.55. The lowest BCUT2D eigenvalue weighted by Gasteiger charge is -2.18. The van der Waals surface area contributed by atoms with Crippen LogP contribution in [0.5, 0.6) is 5.75 Å². The second kappa shape index (κ2) is 7.09. The fourth-order valence-corrected chi connectivity index (χ4v) is 3.91. The van der Waals surface area contributed by atoms with Crippen LogP contribution in [0.15, 0.2) is 65.4 Å². The van der Waals surface area contributed by atoms with E-state index < -0.39 is 0 Å². The maximum atomic E-state index is 13.0. The smallest absolute Gasteiger partial charge is 0.253 e. The number of fused-ring (bicyclic) bond motifs is 1. The number of furan rings is 1. The predicted octanol–water partition coefficient (Wildman–Crippen LogP) is 3.79. The summed E-state index contributed by atoms with van der Waals surface area (Å²) < 4.78 is 12.9. The van der Waals surface area contributed by atoms with E-state index in [4.69, 9.17) is 14.1 Å². The van der Waals surface area contributed by atoms with Gasteiger partial charge in [-0.1, -0.05) is 0 Å². The normalized spacial score (nSPS) is 16.4. The topological polar surface area (TPSA) is 73.4 Å². The SMILES string of the molecule is COc1ccc(C(=O)N2CC[C@H](n3c(-c4ccco4)nc4cccnc43)C2)cc1. The lowest BCUT2D eigenvalue weighted by molar-refractivity contribution is 0.0788. The van der Waals surface area contributed by atoms with Crippen LogP contribution in [0.1, 0.15) is 22.8 Å². The van der Waals surface area contributed by atoms with Crippen molar-refractivity contribution in [2.75, 3.05) is 20.2 Å². The lowest BCUT2D eigenvalue weighted by Crippen LogP contribution is -2.29. The minimum atomic E-state index is 0.0204. The summed E-state index contributed by atoms with van der Waals surface area (Å²) in [6, 6.07) is 14.9. The van der Waals surface area contributed by atoms with Gasteiger partial charge in [-0.25, -0.2) is 9.97 Å². The van der Waals surface area contributed by atoms with Gasteiger partial charge in [0, 0.05) is 24.8 Å². The van der Waals surface area contributed by atoms with Crippen LogP contribution in [0.25, 0.3) is 22.7 Å². The van der Waals surface area contributed by atoms with E-state index in [0.717, 1.165) is 29.2 Å². The molecule has 29 heavy (non-hydrogen) atoms. The molecule has 4 aromatic rings. The van der Waals surface area contributed by atoms with Crippen LogP contribution in [0.3, 0.4) is 0 Å². The van der Waals surface area contributed by atoms with E-state index in [9.17, 15) is 4.79 Å². The molecule has 0 saturated carbocycles.